The molecule has 0 radical (unpaired) electrons. The van der Waals surface area contributed by atoms with Crippen molar-refractivity contribution < 1.29 is 4.79 Å². The number of nitrogens with zero attached hydrogens (tertiary/aromatic N) is 4. The van der Waals surface area contributed by atoms with E-state index >= 15 is 0 Å². The third kappa shape index (κ3) is 2.59. The summed E-state index contributed by atoms with van der Waals surface area (Å²) in [5.74, 6) is 0.0573. The maximum atomic E-state index is 12.7. The fourth-order valence-corrected chi connectivity index (χ4v) is 3.22. The van der Waals surface area contributed by atoms with Crippen molar-refractivity contribution in [3.63, 3.8) is 0 Å². The molecular formula is C17H16ClN5O. The molecule has 122 valence electrons. The lowest BCUT2D eigenvalue weighted by molar-refractivity contribution is -0.117. The van der Waals surface area contributed by atoms with Crippen molar-refractivity contribution in [2.45, 2.75) is 12.5 Å². The number of rotatable bonds is 3. The van der Waals surface area contributed by atoms with Gasteiger partial charge in [0.25, 0.3) is 0 Å². The molecule has 3 aromatic rings. The van der Waals surface area contributed by atoms with Crippen LogP contribution in [0.25, 0.3) is 10.9 Å². The topological polar surface area (TPSA) is 63.1 Å². The van der Waals surface area contributed by atoms with E-state index in [1.165, 1.54) is 0 Å². The number of pyridine rings is 1. The largest absolute Gasteiger partial charge is 0.373 e. The number of amides is 1. The summed E-state index contributed by atoms with van der Waals surface area (Å²) in [5, 5.41) is 9.09. The summed E-state index contributed by atoms with van der Waals surface area (Å²) >= 11 is 6.02. The number of aryl methyl sites for hydroxylation is 1. The monoisotopic (exact) mass is 341 g/mol. The second-order valence-electron chi connectivity index (χ2n) is 5.87. The summed E-state index contributed by atoms with van der Waals surface area (Å²) < 4.78 is 1.70. The summed E-state index contributed by atoms with van der Waals surface area (Å²) in [6.45, 7) is 0.678. The number of carbonyl (C=O) groups is 1. The maximum absolute atomic E-state index is 12.7. The standard InChI is InChI=1S/C17H16ClN5O/c1-22-10-12(9-20-22)23-7-5-15(17(23)24)21-14-4-6-19-16-8-11(18)2-3-13(14)16/h2-4,6,8-10,15H,5,7H2,1H3,(H,19,21). The van der Waals surface area contributed by atoms with Crippen LogP contribution in [0.15, 0.2) is 42.9 Å². The predicted molar refractivity (Wildman–Crippen MR) is 94.3 cm³/mol. The molecule has 3 heterocycles. The van der Waals surface area contributed by atoms with Gasteiger partial charge in [0.15, 0.2) is 0 Å². The van der Waals surface area contributed by atoms with Crippen LogP contribution in [0.1, 0.15) is 6.42 Å². The van der Waals surface area contributed by atoms with E-state index in [9.17, 15) is 4.79 Å². The van der Waals surface area contributed by atoms with Crippen molar-refractivity contribution in [2.24, 2.45) is 7.05 Å². The van der Waals surface area contributed by atoms with Crippen LogP contribution in [-0.4, -0.2) is 33.3 Å². The van der Waals surface area contributed by atoms with Gasteiger partial charge in [-0.25, -0.2) is 0 Å². The van der Waals surface area contributed by atoms with Gasteiger partial charge < -0.3 is 10.2 Å². The molecule has 2 aromatic heterocycles. The molecule has 0 bridgehead atoms. The zero-order chi connectivity index (χ0) is 16.7. The number of hydrogen-bond donors (Lipinski definition) is 1. The number of aromatic nitrogens is 3. The average molecular weight is 342 g/mol. The second-order valence-corrected chi connectivity index (χ2v) is 6.30. The van der Waals surface area contributed by atoms with Gasteiger partial charge in [-0.2, -0.15) is 5.10 Å². The molecule has 24 heavy (non-hydrogen) atoms. The van der Waals surface area contributed by atoms with Gasteiger partial charge in [-0.3, -0.25) is 14.5 Å². The van der Waals surface area contributed by atoms with Crippen LogP contribution in [0.3, 0.4) is 0 Å². The molecule has 1 amide bonds. The lowest BCUT2D eigenvalue weighted by Gasteiger charge is -2.17. The molecule has 1 unspecified atom stereocenters. The van der Waals surface area contributed by atoms with E-state index in [1.54, 1.807) is 22.0 Å². The number of hydrogen-bond acceptors (Lipinski definition) is 4. The number of benzene rings is 1. The van der Waals surface area contributed by atoms with E-state index in [2.05, 4.69) is 15.4 Å². The van der Waals surface area contributed by atoms with Gasteiger partial charge >= 0.3 is 0 Å². The number of anilines is 2. The van der Waals surface area contributed by atoms with Crippen molar-refractivity contribution in [3.8, 4) is 0 Å². The molecule has 7 heteroatoms. The van der Waals surface area contributed by atoms with Gasteiger partial charge in [0, 0.05) is 42.1 Å². The van der Waals surface area contributed by atoms with E-state index in [0.29, 0.717) is 11.6 Å². The van der Waals surface area contributed by atoms with E-state index < -0.39 is 0 Å². The maximum Gasteiger partial charge on any atom is 0.249 e. The summed E-state index contributed by atoms with van der Waals surface area (Å²) in [6, 6.07) is 7.20. The molecule has 1 aromatic carbocycles. The Kier molecular flexibility index (Phi) is 3.61. The van der Waals surface area contributed by atoms with Crippen LogP contribution in [-0.2, 0) is 11.8 Å². The van der Waals surface area contributed by atoms with Crippen molar-refractivity contribution in [3.05, 3.63) is 47.9 Å². The quantitative estimate of drug-likeness (QED) is 0.795. The van der Waals surface area contributed by atoms with Crippen LogP contribution in [0.5, 0.6) is 0 Å². The molecule has 4 rings (SSSR count). The highest BCUT2D eigenvalue weighted by Crippen LogP contribution is 2.28. The van der Waals surface area contributed by atoms with Crippen molar-refractivity contribution in [1.29, 1.82) is 0 Å². The minimum Gasteiger partial charge on any atom is -0.373 e. The lowest BCUT2D eigenvalue weighted by Crippen LogP contribution is -2.33. The average Bonchev–Trinajstić information content (AvgIpc) is 3.14. The minimum atomic E-state index is -0.258. The van der Waals surface area contributed by atoms with Crippen molar-refractivity contribution in [1.82, 2.24) is 14.8 Å². The molecule has 1 aliphatic rings. The number of nitrogens with one attached hydrogen (secondary N) is 1. The molecule has 0 saturated carbocycles. The first-order valence-corrected chi connectivity index (χ1v) is 8.10. The fourth-order valence-electron chi connectivity index (χ4n) is 3.05. The Morgan fingerprint density at radius 1 is 1.33 bits per heavy atom. The highest BCUT2D eigenvalue weighted by atomic mass is 35.5. The zero-order valence-corrected chi connectivity index (χ0v) is 13.9. The second kappa shape index (κ2) is 5.79. The molecule has 1 aliphatic heterocycles. The minimum absolute atomic E-state index is 0.0573. The van der Waals surface area contributed by atoms with Gasteiger partial charge in [0.2, 0.25) is 5.91 Å². The van der Waals surface area contributed by atoms with Gasteiger partial charge in [-0.05, 0) is 30.7 Å². The molecule has 0 aliphatic carbocycles. The van der Waals surface area contributed by atoms with Crippen LogP contribution >= 0.6 is 11.6 Å². The molecule has 1 N–H and O–H groups in total. The summed E-state index contributed by atoms with van der Waals surface area (Å²) in [6.07, 6.45) is 6.03. The predicted octanol–water partition coefficient (Wildman–Crippen LogP) is 2.84. The van der Waals surface area contributed by atoms with Crippen LogP contribution in [0, 0.1) is 0 Å². The fraction of sp³-hybridized carbons (Fsp3) is 0.235. The SMILES string of the molecule is Cn1cc(N2CCC(Nc3ccnc4cc(Cl)ccc34)C2=O)cn1. The third-order valence-corrected chi connectivity index (χ3v) is 4.48. The molecular weight excluding hydrogens is 326 g/mol. The lowest BCUT2D eigenvalue weighted by atomic mass is 10.1. The van der Waals surface area contributed by atoms with Crippen molar-refractivity contribution in [2.75, 3.05) is 16.8 Å². The zero-order valence-electron chi connectivity index (χ0n) is 13.1. The van der Waals surface area contributed by atoms with Crippen LogP contribution in [0.4, 0.5) is 11.4 Å². The highest BCUT2D eigenvalue weighted by molar-refractivity contribution is 6.31. The van der Waals surface area contributed by atoms with Crippen LogP contribution < -0.4 is 10.2 Å². The Bertz CT molecular complexity index is 922. The molecule has 1 atom stereocenters. The van der Waals surface area contributed by atoms with E-state index in [4.69, 9.17) is 11.6 Å². The highest BCUT2D eigenvalue weighted by Gasteiger charge is 2.33. The first-order chi connectivity index (χ1) is 11.6. The van der Waals surface area contributed by atoms with E-state index in [1.807, 2.05) is 37.5 Å². The Hall–Kier alpha value is -2.60. The smallest absolute Gasteiger partial charge is 0.249 e. The van der Waals surface area contributed by atoms with Gasteiger partial charge in [-0.15, -0.1) is 0 Å². The first kappa shape index (κ1) is 15.0. The number of fused-ring (bicyclic) bond motifs is 1. The van der Waals surface area contributed by atoms with Gasteiger partial charge in [-0.1, -0.05) is 11.6 Å². The molecule has 0 spiro atoms. The summed E-state index contributed by atoms with van der Waals surface area (Å²) in [4.78, 5) is 18.8. The number of halogens is 1. The Morgan fingerprint density at radius 2 is 2.21 bits per heavy atom. The third-order valence-electron chi connectivity index (χ3n) is 4.24. The molecule has 1 fully saturated rings. The van der Waals surface area contributed by atoms with Crippen LogP contribution in [0.2, 0.25) is 5.02 Å². The van der Waals surface area contributed by atoms with Gasteiger partial charge in [0.05, 0.1) is 17.4 Å². The Labute approximate surface area is 144 Å². The Balaban J connectivity index is 1.59. The summed E-state index contributed by atoms with van der Waals surface area (Å²) in [5.41, 5.74) is 2.53. The normalized spacial score (nSPS) is 17.7. The molecule has 6 nitrogen and oxygen atoms in total. The summed E-state index contributed by atoms with van der Waals surface area (Å²) in [7, 11) is 1.84. The Morgan fingerprint density at radius 3 is 3.00 bits per heavy atom. The van der Waals surface area contributed by atoms with E-state index in [-0.39, 0.29) is 11.9 Å². The molecule has 1 saturated heterocycles. The van der Waals surface area contributed by atoms with E-state index in [0.717, 1.165) is 28.7 Å². The number of carbonyl (C=O) groups excluding carboxylic acids is 1. The first-order valence-electron chi connectivity index (χ1n) is 7.72. The van der Waals surface area contributed by atoms with Gasteiger partial charge in [0.1, 0.15) is 6.04 Å². The van der Waals surface area contributed by atoms with Crippen molar-refractivity contribution >= 4 is 39.8 Å².